The third-order valence-electron chi connectivity index (χ3n) is 3.19. The lowest BCUT2D eigenvalue weighted by Gasteiger charge is -2.13. The van der Waals surface area contributed by atoms with Gasteiger partial charge in [0.05, 0.1) is 30.5 Å². The van der Waals surface area contributed by atoms with Crippen LogP contribution in [-0.2, 0) is 6.18 Å². The SMILES string of the molecule is COc1ccc(C(=O)Nc2cc(C(F)(F)F)ccc2Cl)cc1OC. The Labute approximate surface area is 141 Å². The quantitative estimate of drug-likeness (QED) is 0.866. The summed E-state index contributed by atoms with van der Waals surface area (Å²) < 4.78 is 48.4. The maximum absolute atomic E-state index is 12.8. The summed E-state index contributed by atoms with van der Waals surface area (Å²) in [6, 6.07) is 7.08. The lowest BCUT2D eigenvalue weighted by atomic mass is 10.1. The maximum Gasteiger partial charge on any atom is 0.416 e. The van der Waals surface area contributed by atoms with Gasteiger partial charge >= 0.3 is 6.18 Å². The van der Waals surface area contributed by atoms with Crippen molar-refractivity contribution in [2.75, 3.05) is 19.5 Å². The Morgan fingerprint density at radius 2 is 1.71 bits per heavy atom. The molecule has 0 spiro atoms. The molecule has 128 valence electrons. The molecule has 2 rings (SSSR count). The minimum atomic E-state index is -4.53. The standard InChI is InChI=1S/C16H13ClF3NO3/c1-23-13-6-3-9(7-14(13)24-2)15(22)21-12-8-10(16(18,19)20)4-5-11(12)17/h3-8H,1-2H3,(H,21,22). The van der Waals surface area contributed by atoms with E-state index in [2.05, 4.69) is 5.32 Å². The van der Waals surface area contributed by atoms with Crippen molar-refractivity contribution in [2.45, 2.75) is 6.18 Å². The van der Waals surface area contributed by atoms with Crippen molar-refractivity contribution < 1.29 is 27.4 Å². The van der Waals surface area contributed by atoms with Crippen molar-refractivity contribution in [3.63, 3.8) is 0 Å². The summed E-state index contributed by atoms with van der Waals surface area (Å²) >= 11 is 5.86. The van der Waals surface area contributed by atoms with Crippen LogP contribution < -0.4 is 14.8 Å². The smallest absolute Gasteiger partial charge is 0.416 e. The molecule has 1 amide bonds. The highest BCUT2D eigenvalue weighted by Crippen LogP contribution is 2.34. The van der Waals surface area contributed by atoms with Crippen molar-refractivity contribution in [2.24, 2.45) is 0 Å². The van der Waals surface area contributed by atoms with Crippen molar-refractivity contribution >= 4 is 23.2 Å². The number of anilines is 1. The van der Waals surface area contributed by atoms with Gasteiger partial charge in [-0.3, -0.25) is 4.79 Å². The Kier molecular flexibility index (Phi) is 5.23. The number of alkyl halides is 3. The average Bonchev–Trinajstić information content (AvgIpc) is 2.55. The van der Waals surface area contributed by atoms with Crippen LogP contribution in [0, 0.1) is 0 Å². The molecule has 0 aliphatic heterocycles. The van der Waals surface area contributed by atoms with Gasteiger partial charge in [-0.1, -0.05) is 11.6 Å². The third-order valence-corrected chi connectivity index (χ3v) is 3.52. The number of carbonyl (C=O) groups excluding carboxylic acids is 1. The van der Waals surface area contributed by atoms with Crippen LogP contribution in [0.1, 0.15) is 15.9 Å². The summed E-state index contributed by atoms with van der Waals surface area (Å²) in [6.45, 7) is 0. The number of methoxy groups -OCH3 is 2. The molecule has 0 radical (unpaired) electrons. The van der Waals surface area contributed by atoms with Gasteiger partial charge in [-0.2, -0.15) is 13.2 Å². The number of carbonyl (C=O) groups is 1. The fourth-order valence-corrected chi connectivity index (χ4v) is 2.13. The molecule has 2 aromatic rings. The first-order valence-electron chi connectivity index (χ1n) is 6.66. The van der Waals surface area contributed by atoms with Crippen LogP contribution in [0.15, 0.2) is 36.4 Å². The molecule has 0 aromatic heterocycles. The highest BCUT2D eigenvalue weighted by atomic mass is 35.5. The monoisotopic (exact) mass is 359 g/mol. The minimum Gasteiger partial charge on any atom is -0.493 e. The van der Waals surface area contributed by atoms with Crippen LogP contribution in [0.3, 0.4) is 0 Å². The predicted molar refractivity (Wildman–Crippen MR) is 84.0 cm³/mol. The molecule has 24 heavy (non-hydrogen) atoms. The summed E-state index contributed by atoms with van der Waals surface area (Å²) in [5, 5.41) is 2.36. The first kappa shape index (κ1) is 17.9. The van der Waals surface area contributed by atoms with Crippen molar-refractivity contribution in [3.05, 3.63) is 52.5 Å². The van der Waals surface area contributed by atoms with E-state index in [1.165, 1.54) is 32.4 Å². The number of nitrogens with one attached hydrogen (secondary N) is 1. The van der Waals surface area contributed by atoms with E-state index >= 15 is 0 Å². The Morgan fingerprint density at radius 3 is 2.29 bits per heavy atom. The summed E-state index contributed by atoms with van der Waals surface area (Å²) in [7, 11) is 2.85. The van der Waals surface area contributed by atoms with Gasteiger partial charge in [0.15, 0.2) is 11.5 Å². The Bertz CT molecular complexity index is 763. The highest BCUT2D eigenvalue weighted by Gasteiger charge is 2.31. The molecule has 0 saturated heterocycles. The Hall–Kier alpha value is -2.41. The zero-order valence-corrected chi connectivity index (χ0v) is 13.5. The van der Waals surface area contributed by atoms with Gasteiger partial charge in [-0.15, -0.1) is 0 Å². The molecule has 4 nitrogen and oxygen atoms in total. The van der Waals surface area contributed by atoms with Crippen LogP contribution >= 0.6 is 11.6 Å². The van der Waals surface area contributed by atoms with E-state index in [0.717, 1.165) is 18.2 Å². The van der Waals surface area contributed by atoms with E-state index < -0.39 is 17.6 Å². The fraction of sp³-hybridized carbons (Fsp3) is 0.188. The van der Waals surface area contributed by atoms with E-state index in [0.29, 0.717) is 11.5 Å². The minimum absolute atomic E-state index is 0.00294. The molecule has 0 fully saturated rings. The zero-order valence-electron chi connectivity index (χ0n) is 12.7. The Balaban J connectivity index is 2.30. The maximum atomic E-state index is 12.8. The van der Waals surface area contributed by atoms with Crippen molar-refractivity contribution in [3.8, 4) is 11.5 Å². The van der Waals surface area contributed by atoms with Gasteiger partial charge in [-0.25, -0.2) is 0 Å². The first-order chi connectivity index (χ1) is 11.3. The number of halogens is 4. The summed E-state index contributed by atoms with van der Waals surface area (Å²) in [6.07, 6.45) is -4.53. The van der Waals surface area contributed by atoms with E-state index in [4.69, 9.17) is 21.1 Å². The second-order valence-electron chi connectivity index (χ2n) is 4.72. The number of ether oxygens (including phenoxy) is 2. The van der Waals surface area contributed by atoms with Crippen LogP contribution in [-0.4, -0.2) is 20.1 Å². The van der Waals surface area contributed by atoms with Crippen molar-refractivity contribution in [1.82, 2.24) is 0 Å². The van der Waals surface area contributed by atoms with Crippen LogP contribution in [0.4, 0.5) is 18.9 Å². The van der Waals surface area contributed by atoms with Crippen molar-refractivity contribution in [1.29, 1.82) is 0 Å². The molecule has 0 heterocycles. The van der Waals surface area contributed by atoms with E-state index in [1.807, 2.05) is 0 Å². The zero-order chi connectivity index (χ0) is 17.9. The van der Waals surface area contributed by atoms with Crippen LogP contribution in [0.25, 0.3) is 0 Å². The summed E-state index contributed by atoms with van der Waals surface area (Å²) in [5.41, 5.74) is -0.859. The fourth-order valence-electron chi connectivity index (χ4n) is 1.97. The van der Waals surface area contributed by atoms with E-state index in [-0.39, 0.29) is 16.3 Å². The molecule has 1 N–H and O–H groups in total. The third kappa shape index (κ3) is 3.91. The lowest BCUT2D eigenvalue weighted by Crippen LogP contribution is -2.14. The predicted octanol–water partition coefficient (Wildman–Crippen LogP) is 4.63. The topological polar surface area (TPSA) is 47.6 Å². The van der Waals surface area contributed by atoms with Gasteiger partial charge in [0.25, 0.3) is 5.91 Å². The Morgan fingerprint density at radius 1 is 1.04 bits per heavy atom. The molecule has 0 bridgehead atoms. The number of rotatable bonds is 4. The average molecular weight is 360 g/mol. The number of hydrogen-bond donors (Lipinski definition) is 1. The molecule has 0 aliphatic carbocycles. The molecule has 0 aliphatic rings. The largest absolute Gasteiger partial charge is 0.493 e. The van der Waals surface area contributed by atoms with Gasteiger partial charge in [-0.05, 0) is 36.4 Å². The number of amides is 1. The summed E-state index contributed by atoms with van der Waals surface area (Å²) in [4.78, 5) is 12.2. The van der Waals surface area contributed by atoms with Gasteiger partial charge in [0.2, 0.25) is 0 Å². The van der Waals surface area contributed by atoms with E-state index in [1.54, 1.807) is 0 Å². The van der Waals surface area contributed by atoms with Gasteiger partial charge < -0.3 is 14.8 Å². The molecular formula is C16H13ClF3NO3. The van der Waals surface area contributed by atoms with Crippen LogP contribution in [0.2, 0.25) is 5.02 Å². The van der Waals surface area contributed by atoms with E-state index in [9.17, 15) is 18.0 Å². The second kappa shape index (κ2) is 7.00. The highest BCUT2D eigenvalue weighted by molar-refractivity contribution is 6.34. The number of hydrogen-bond acceptors (Lipinski definition) is 3. The molecule has 0 atom stereocenters. The van der Waals surface area contributed by atoms with Gasteiger partial charge in [0.1, 0.15) is 0 Å². The summed E-state index contributed by atoms with van der Waals surface area (Å²) in [5.74, 6) is 0.114. The molecule has 0 unspecified atom stereocenters. The molecule has 8 heteroatoms. The van der Waals surface area contributed by atoms with Gasteiger partial charge in [0, 0.05) is 5.56 Å². The molecule has 0 saturated carbocycles. The normalized spacial score (nSPS) is 11.1. The second-order valence-corrected chi connectivity index (χ2v) is 5.12. The number of benzene rings is 2. The first-order valence-corrected chi connectivity index (χ1v) is 7.04. The van der Waals surface area contributed by atoms with Crippen LogP contribution in [0.5, 0.6) is 11.5 Å². The molecule has 2 aromatic carbocycles. The lowest BCUT2D eigenvalue weighted by molar-refractivity contribution is -0.137. The molecular weight excluding hydrogens is 347 g/mol.